The zero-order chi connectivity index (χ0) is 25.2. The van der Waals surface area contributed by atoms with Gasteiger partial charge in [0.25, 0.3) is 0 Å². The quantitative estimate of drug-likeness (QED) is 0.511. The second kappa shape index (κ2) is 12.9. The second-order valence-corrected chi connectivity index (χ2v) is 9.06. The van der Waals surface area contributed by atoms with Gasteiger partial charge in [0.1, 0.15) is 18.4 Å². The highest BCUT2D eigenvalue weighted by molar-refractivity contribution is 5.92. The lowest BCUT2D eigenvalue weighted by Gasteiger charge is -2.35. The molecule has 0 bridgehead atoms. The molecule has 1 heterocycles. The predicted octanol–water partition coefficient (Wildman–Crippen LogP) is 1.78. The molecule has 3 rings (SSSR count). The zero-order valence-corrected chi connectivity index (χ0v) is 20.5. The summed E-state index contributed by atoms with van der Waals surface area (Å²) in [6.07, 6.45) is 1.97. The summed E-state index contributed by atoms with van der Waals surface area (Å²) in [4.78, 5) is 41.1. The van der Waals surface area contributed by atoms with Crippen LogP contribution in [0.4, 0.5) is 0 Å². The Bertz CT molecular complexity index is 972. The van der Waals surface area contributed by atoms with Crippen molar-refractivity contribution in [2.45, 2.75) is 32.4 Å². The number of nitrogens with two attached hydrogens (primary N) is 1. The fourth-order valence-corrected chi connectivity index (χ4v) is 3.78. The van der Waals surface area contributed by atoms with Gasteiger partial charge in [-0.2, -0.15) is 0 Å². The number of primary amides is 1. The fraction of sp³-hybridized carbons (Fsp3) is 0.407. The summed E-state index contributed by atoms with van der Waals surface area (Å²) < 4.78 is 5.85. The summed E-state index contributed by atoms with van der Waals surface area (Å²) in [5.41, 5.74) is 7.28. The number of nitrogens with one attached hydrogen (secondary N) is 1. The molecule has 0 spiro atoms. The van der Waals surface area contributed by atoms with Crippen LogP contribution in [0.15, 0.2) is 54.6 Å². The normalized spacial score (nSPS) is 15.8. The molecule has 187 valence electrons. The average molecular weight is 480 g/mol. The van der Waals surface area contributed by atoms with Crippen LogP contribution >= 0.6 is 0 Å². The summed E-state index contributed by atoms with van der Waals surface area (Å²) in [6.45, 7) is 4.97. The van der Waals surface area contributed by atoms with E-state index in [9.17, 15) is 14.4 Å². The van der Waals surface area contributed by atoms with Crippen molar-refractivity contribution in [1.82, 2.24) is 15.1 Å². The second-order valence-electron chi connectivity index (χ2n) is 9.06. The van der Waals surface area contributed by atoms with Gasteiger partial charge < -0.3 is 25.6 Å². The lowest BCUT2D eigenvalue weighted by atomic mass is 10.0. The van der Waals surface area contributed by atoms with Crippen LogP contribution in [-0.4, -0.2) is 66.8 Å². The minimum atomic E-state index is -0.706. The van der Waals surface area contributed by atoms with E-state index in [0.29, 0.717) is 26.1 Å². The van der Waals surface area contributed by atoms with Crippen molar-refractivity contribution < 1.29 is 19.1 Å². The molecule has 1 radical (unpaired) electrons. The Morgan fingerprint density at radius 2 is 1.66 bits per heavy atom. The highest BCUT2D eigenvalue weighted by Crippen LogP contribution is 2.17. The molecule has 1 fully saturated rings. The number of carbonyl (C=O) groups is 3. The molecule has 3 N–H and O–H groups in total. The van der Waals surface area contributed by atoms with Crippen LogP contribution in [0.25, 0.3) is 0 Å². The van der Waals surface area contributed by atoms with E-state index in [4.69, 9.17) is 10.5 Å². The highest BCUT2D eigenvalue weighted by atomic mass is 16.5. The van der Waals surface area contributed by atoms with Gasteiger partial charge in [-0.3, -0.25) is 14.4 Å². The van der Waals surface area contributed by atoms with Crippen molar-refractivity contribution >= 4 is 17.7 Å². The predicted molar refractivity (Wildman–Crippen MR) is 134 cm³/mol. The molecule has 35 heavy (non-hydrogen) atoms. The molecule has 8 heteroatoms. The Morgan fingerprint density at radius 1 is 1.00 bits per heavy atom. The van der Waals surface area contributed by atoms with Gasteiger partial charge >= 0.3 is 0 Å². The van der Waals surface area contributed by atoms with Gasteiger partial charge in [0.05, 0.1) is 6.42 Å². The maximum Gasteiger partial charge on any atom is 0.245 e. The number of likely N-dealkylation sites (N-methyl/N-ethyl adjacent to an activating group) is 1. The Labute approximate surface area is 207 Å². The molecule has 2 aromatic carbocycles. The Hall–Kier alpha value is -3.39. The number of rotatable bonds is 11. The standard InChI is InChI=1S/C27H35N4O4/c1-20(26(28)33)8-13-25(32)29-24(27(34)31-16-14-30(2)15-17-31)18-21-9-11-23(12-10-21)35-19-22-6-4-3-5-7-22/h3-7,9-13,20,24H,8,14-19H2,1-2H3,(H2,28,33)(H,29,32). The summed E-state index contributed by atoms with van der Waals surface area (Å²) in [5.74, 6) is -0.664. The number of hydrogen-bond acceptors (Lipinski definition) is 5. The lowest BCUT2D eigenvalue weighted by molar-refractivity contribution is -0.137. The molecule has 1 saturated heterocycles. The topological polar surface area (TPSA) is 105 Å². The van der Waals surface area contributed by atoms with E-state index in [-0.39, 0.29) is 18.2 Å². The summed E-state index contributed by atoms with van der Waals surface area (Å²) in [5, 5.41) is 2.85. The van der Waals surface area contributed by atoms with Crippen molar-refractivity contribution in [1.29, 1.82) is 0 Å². The maximum absolute atomic E-state index is 13.3. The zero-order valence-electron chi connectivity index (χ0n) is 20.5. The molecule has 2 atom stereocenters. The van der Waals surface area contributed by atoms with E-state index >= 15 is 0 Å². The van der Waals surface area contributed by atoms with Crippen molar-refractivity contribution in [3.05, 3.63) is 72.1 Å². The van der Waals surface area contributed by atoms with Crippen molar-refractivity contribution in [2.24, 2.45) is 11.7 Å². The molecular weight excluding hydrogens is 444 g/mol. The fourth-order valence-electron chi connectivity index (χ4n) is 3.78. The number of ether oxygens (including phenoxy) is 1. The molecular formula is C27H35N4O4. The molecule has 0 aromatic heterocycles. The molecule has 1 aliphatic heterocycles. The van der Waals surface area contributed by atoms with E-state index in [1.807, 2.05) is 61.6 Å². The molecule has 8 nitrogen and oxygen atoms in total. The van der Waals surface area contributed by atoms with E-state index in [1.165, 1.54) is 6.42 Å². The third kappa shape index (κ3) is 8.40. The molecule has 0 saturated carbocycles. The molecule has 1 aliphatic rings. The van der Waals surface area contributed by atoms with Crippen LogP contribution < -0.4 is 15.8 Å². The number of carbonyl (C=O) groups excluding carboxylic acids is 3. The SMILES string of the molecule is CC(C[CH]C(=O)NC(Cc1ccc(OCc2ccccc2)cc1)C(=O)N1CCN(C)CC1)C(N)=O. The highest BCUT2D eigenvalue weighted by Gasteiger charge is 2.28. The molecule has 2 aromatic rings. The number of benzene rings is 2. The first-order chi connectivity index (χ1) is 16.8. The summed E-state index contributed by atoms with van der Waals surface area (Å²) >= 11 is 0. The van der Waals surface area contributed by atoms with E-state index in [0.717, 1.165) is 30.0 Å². The first-order valence-electron chi connectivity index (χ1n) is 12.0. The number of nitrogens with zero attached hydrogens (tertiary/aromatic N) is 2. The summed E-state index contributed by atoms with van der Waals surface area (Å²) in [6, 6.07) is 16.8. The van der Waals surface area contributed by atoms with Crippen LogP contribution in [0, 0.1) is 12.3 Å². The van der Waals surface area contributed by atoms with E-state index in [2.05, 4.69) is 10.2 Å². The van der Waals surface area contributed by atoms with Crippen LogP contribution in [0.2, 0.25) is 0 Å². The van der Waals surface area contributed by atoms with E-state index in [1.54, 1.807) is 11.8 Å². The smallest absolute Gasteiger partial charge is 0.245 e. The monoisotopic (exact) mass is 479 g/mol. The largest absolute Gasteiger partial charge is 0.489 e. The number of piperazine rings is 1. The number of amides is 3. The average Bonchev–Trinajstić information content (AvgIpc) is 2.87. The van der Waals surface area contributed by atoms with Crippen LogP contribution in [0.3, 0.4) is 0 Å². The first-order valence-corrected chi connectivity index (χ1v) is 12.0. The van der Waals surface area contributed by atoms with Gasteiger partial charge in [0, 0.05) is 38.5 Å². The van der Waals surface area contributed by atoms with Gasteiger partial charge in [-0.15, -0.1) is 0 Å². The Morgan fingerprint density at radius 3 is 2.29 bits per heavy atom. The van der Waals surface area contributed by atoms with Gasteiger partial charge in [0.2, 0.25) is 17.7 Å². The molecule has 2 unspecified atom stereocenters. The van der Waals surface area contributed by atoms with Crippen LogP contribution in [0.1, 0.15) is 24.5 Å². The summed E-state index contributed by atoms with van der Waals surface area (Å²) in [7, 11) is 2.03. The number of hydrogen-bond donors (Lipinski definition) is 2. The maximum atomic E-state index is 13.3. The minimum Gasteiger partial charge on any atom is -0.489 e. The third-order valence-corrected chi connectivity index (χ3v) is 6.18. The van der Waals surface area contributed by atoms with Crippen molar-refractivity contribution in [2.75, 3.05) is 33.2 Å². The van der Waals surface area contributed by atoms with Gasteiger partial charge in [0.15, 0.2) is 0 Å². The Balaban J connectivity index is 1.63. The minimum absolute atomic E-state index is 0.104. The van der Waals surface area contributed by atoms with Crippen molar-refractivity contribution in [3.63, 3.8) is 0 Å². The van der Waals surface area contributed by atoms with Crippen molar-refractivity contribution in [3.8, 4) is 5.75 Å². The Kier molecular flexibility index (Phi) is 9.66. The van der Waals surface area contributed by atoms with Gasteiger partial charge in [-0.05, 0) is 36.7 Å². The lowest BCUT2D eigenvalue weighted by Crippen LogP contribution is -2.55. The molecule has 0 aliphatic carbocycles. The third-order valence-electron chi connectivity index (χ3n) is 6.18. The van der Waals surface area contributed by atoms with Gasteiger partial charge in [-0.1, -0.05) is 49.4 Å². The molecule has 3 amide bonds. The van der Waals surface area contributed by atoms with Crippen LogP contribution in [0.5, 0.6) is 5.75 Å². The first kappa shape index (κ1) is 26.2. The van der Waals surface area contributed by atoms with Crippen LogP contribution in [-0.2, 0) is 27.4 Å². The van der Waals surface area contributed by atoms with E-state index < -0.39 is 17.9 Å². The van der Waals surface area contributed by atoms with Gasteiger partial charge in [-0.25, -0.2) is 0 Å².